The Bertz CT molecular complexity index is 2010. The number of aromatic amines is 1. The van der Waals surface area contributed by atoms with E-state index in [0.717, 1.165) is 27.6 Å². The number of nitrogens with two attached hydrogens (primary N) is 3. The highest BCUT2D eigenvalue weighted by atomic mass is 16.6. The van der Waals surface area contributed by atoms with Crippen LogP contribution in [0.25, 0.3) is 10.9 Å². The number of aryl methyl sites for hydroxylation is 2. The van der Waals surface area contributed by atoms with E-state index in [9.17, 15) is 19.5 Å². The fraction of sp³-hybridized carbons (Fsp3) is 0.297. The third-order valence-electron chi connectivity index (χ3n) is 8.59. The third-order valence-corrected chi connectivity index (χ3v) is 8.59. The van der Waals surface area contributed by atoms with E-state index in [0.29, 0.717) is 23.4 Å². The Hall–Kier alpha value is -6.38. The van der Waals surface area contributed by atoms with Crippen LogP contribution in [-0.2, 0) is 33.6 Å². The largest absolute Gasteiger partial charge is 0.508 e. The van der Waals surface area contributed by atoms with Crippen LogP contribution >= 0.6 is 0 Å². The van der Waals surface area contributed by atoms with E-state index in [-0.39, 0.29) is 49.8 Å². The number of hydrogen-bond acceptors (Lipinski definition) is 9. The summed E-state index contributed by atoms with van der Waals surface area (Å²) in [6.45, 7) is 3.78. The number of benzene rings is 3. The van der Waals surface area contributed by atoms with Gasteiger partial charge >= 0.3 is 6.09 Å². The molecule has 272 valence electrons. The normalized spacial score (nSPS) is 12.8. The fourth-order valence-corrected chi connectivity index (χ4v) is 6.09. The number of aromatic nitrogens is 3. The molecular formula is C37H43N9O6. The molecule has 5 aromatic rings. The molecule has 15 nitrogen and oxygen atoms in total. The van der Waals surface area contributed by atoms with Gasteiger partial charge < -0.3 is 47.2 Å². The number of fused-ring (bicyclic) bond motifs is 1. The lowest BCUT2D eigenvalue weighted by molar-refractivity contribution is -0.134. The van der Waals surface area contributed by atoms with Gasteiger partial charge in [-0.2, -0.15) is 4.98 Å². The maximum absolute atomic E-state index is 14.4. The van der Waals surface area contributed by atoms with Crippen LogP contribution in [0.2, 0.25) is 0 Å². The first-order valence-corrected chi connectivity index (χ1v) is 16.8. The van der Waals surface area contributed by atoms with Crippen LogP contribution in [-0.4, -0.2) is 62.8 Å². The third kappa shape index (κ3) is 9.87. The number of phenolic OH excluding ortho intramolecular Hbond substituents is 1. The Kier molecular flexibility index (Phi) is 12.1. The molecule has 2 aromatic heterocycles. The maximum atomic E-state index is 14.4. The number of para-hydroxylation sites is 1. The van der Waals surface area contributed by atoms with Crippen molar-refractivity contribution in [1.82, 2.24) is 25.8 Å². The van der Waals surface area contributed by atoms with E-state index < -0.39 is 36.1 Å². The van der Waals surface area contributed by atoms with Crippen LogP contribution in [0.5, 0.6) is 5.75 Å². The first-order valence-electron chi connectivity index (χ1n) is 16.8. The van der Waals surface area contributed by atoms with Crippen LogP contribution < -0.4 is 27.8 Å². The van der Waals surface area contributed by atoms with E-state index >= 15 is 0 Å². The number of rotatable bonds is 16. The quantitative estimate of drug-likeness (QED) is 0.0448. The van der Waals surface area contributed by atoms with Crippen molar-refractivity contribution in [2.45, 2.75) is 64.1 Å². The summed E-state index contributed by atoms with van der Waals surface area (Å²) >= 11 is 0. The number of carbonyl (C=O) groups is 3. The number of nitrogens with one attached hydrogen (secondary N) is 3. The average Bonchev–Trinajstić information content (AvgIpc) is 3.74. The lowest BCUT2D eigenvalue weighted by Crippen LogP contribution is -2.52. The molecule has 15 heteroatoms. The zero-order valence-corrected chi connectivity index (χ0v) is 29.0. The molecule has 2 unspecified atom stereocenters. The molecule has 3 atom stereocenters. The predicted molar refractivity (Wildman–Crippen MR) is 194 cm³/mol. The number of aromatic hydroxyl groups is 1. The van der Waals surface area contributed by atoms with Crippen molar-refractivity contribution in [3.63, 3.8) is 0 Å². The molecule has 0 aliphatic carbocycles. The molecule has 0 fully saturated rings. The predicted octanol–water partition coefficient (Wildman–Crippen LogP) is 3.11. The van der Waals surface area contributed by atoms with Crippen LogP contribution in [0, 0.1) is 13.8 Å². The van der Waals surface area contributed by atoms with E-state index in [4.69, 9.17) is 26.5 Å². The highest BCUT2D eigenvalue weighted by Crippen LogP contribution is 2.26. The molecule has 0 saturated heterocycles. The van der Waals surface area contributed by atoms with Gasteiger partial charge in [0.1, 0.15) is 17.8 Å². The van der Waals surface area contributed by atoms with Gasteiger partial charge in [-0.3, -0.25) is 14.6 Å². The van der Waals surface area contributed by atoms with Crippen molar-refractivity contribution < 1.29 is 28.8 Å². The number of hydrogen-bond donors (Lipinski definition) is 7. The van der Waals surface area contributed by atoms with Crippen molar-refractivity contribution in [2.75, 3.05) is 6.54 Å². The zero-order valence-electron chi connectivity index (χ0n) is 29.0. The standard InChI is InChI=1S/C37H43N9O6/c1-21-15-25(47)16-22(2)27(21)19-29(43-34(49)31(51-37(40)50)13-8-14-41-36(38)39)33(48)44-30(18-24-20-42-28-12-7-6-11-26(24)28)35-45-32(46-52-35)17-23-9-4-3-5-10-23/h3-7,9-12,15-16,20,29-31,42,47H,8,13-14,17-19H2,1-2H3,(H2,40,50)(H,43,49)(H,44,48)(H4,38,39,41)/t29?,30-,31?/m0/s1. The molecule has 0 saturated carbocycles. The number of H-pyrrole nitrogens is 1. The minimum absolute atomic E-state index is 0.0342. The lowest BCUT2D eigenvalue weighted by Gasteiger charge is -2.25. The molecule has 2 heterocycles. The molecule has 3 amide bonds. The van der Waals surface area contributed by atoms with Gasteiger partial charge in [-0.15, -0.1) is 0 Å². The summed E-state index contributed by atoms with van der Waals surface area (Å²) < 4.78 is 10.9. The lowest BCUT2D eigenvalue weighted by atomic mass is 9.95. The maximum Gasteiger partial charge on any atom is 0.405 e. The summed E-state index contributed by atoms with van der Waals surface area (Å²) in [6.07, 6.45) is 0.423. The summed E-state index contributed by atoms with van der Waals surface area (Å²) in [4.78, 5) is 51.7. The number of guanidine groups is 1. The van der Waals surface area contributed by atoms with E-state index in [1.807, 2.05) is 60.8 Å². The first kappa shape index (κ1) is 36.9. The Morgan fingerprint density at radius 2 is 1.67 bits per heavy atom. The Morgan fingerprint density at radius 3 is 2.38 bits per heavy atom. The smallest absolute Gasteiger partial charge is 0.405 e. The van der Waals surface area contributed by atoms with Crippen LogP contribution in [0.15, 0.2) is 82.4 Å². The SMILES string of the molecule is Cc1cc(O)cc(C)c1CC(NC(=O)C(CCCN=C(N)N)OC(N)=O)C(=O)N[C@@H](Cc1c[nH]c2ccccc12)c1nc(Cc2ccccc2)no1. The van der Waals surface area contributed by atoms with Crippen molar-refractivity contribution in [3.8, 4) is 5.75 Å². The van der Waals surface area contributed by atoms with Crippen LogP contribution in [0.3, 0.4) is 0 Å². The molecule has 5 rings (SSSR count). The summed E-state index contributed by atoms with van der Waals surface area (Å²) in [6, 6.07) is 18.6. The zero-order chi connectivity index (χ0) is 37.2. The van der Waals surface area contributed by atoms with Crippen molar-refractivity contribution >= 4 is 34.8 Å². The minimum atomic E-state index is -1.33. The second-order valence-corrected chi connectivity index (χ2v) is 12.5. The van der Waals surface area contributed by atoms with E-state index in [2.05, 4.69) is 30.8 Å². The van der Waals surface area contributed by atoms with Crippen molar-refractivity contribution in [1.29, 1.82) is 0 Å². The molecule has 52 heavy (non-hydrogen) atoms. The molecule has 0 aliphatic rings. The number of aliphatic imine (C=N–C) groups is 1. The Morgan fingerprint density at radius 1 is 0.962 bits per heavy atom. The van der Waals surface area contributed by atoms with Gasteiger partial charge in [0.2, 0.25) is 11.8 Å². The fourth-order valence-electron chi connectivity index (χ4n) is 6.09. The second kappa shape index (κ2) is 17.0. The molecule has 0 bridgehead atoms. The number of carbonyl (C=O) groups excluding carboxylic acids is 3. The number of phenols is 1. The van der Waals surface area contributed by atoms with Crippen molar-refractivity contribution in [3.05, 3.63) is 112 Å². The Labute approximate surface area is 300 Å². The van der Waals surface area contributed by atoms with Gasteiger partial charge in [-0.1, -0.05) is 53.7 Å². The van der Waals surface area contributed by atoms with Crippen molar-refractivity contribution in [2.24, 2.45) is 22.2 Å². The van der Waals surface area contributed by atoms with Gasteiger partial charge in [0.25, 0.3) is 5.91 Å². The molecular weight excluding hydrogens is 666 g/mol. The van der Waals surface area contributed by atoms with Gasteiger partial charge in [-0.05, 0) is 72.7 Å². The number of nitrogens with zero attached hydrogens (tertiary/aromatic N) is 3. The summed E-state index contributed by atoms with van der Waals surface area (Å²) in [5.41, 5.74) is 21.1. The average molecular weight is 710 g/mol. The van der Waals surface area contributed by atoms with Gasteiger partial charge in [0.05, 0.1) is 0 Å². The topological polar surface area (TPSA) is 250 Å². The highest BCUT2D eigenvalue weighted by Gasteiger charge is 2.32. The van der Waals surface area contributed by atoms with Crippen LogP contribution in [0.1, 0.15) is 58.4 Å². The summed E-state index contributed by atoms with van der Waals surface area (Å²) in [5, 5.41) is 21.1. The summed E-state index contributed by atoms with van der Waals surface area (Å²) in [5.74, 6) is -0.738. The number of ether oxygens (including phenoxy) is 1. The minimum Gasteiger partial charge on any atom is -0.508 e. The van der Waals surface area contributed by atoms with Gasteiger partial charge in [0.15, 0.2) is 17.9 Å². The van der Waals surface area contributed by atoms with Gasteiger partial charge in [0, 0.05) is 42.9 Å². The molecule has 0 spiro atoms. The Balaban J connectivity index is 1.46. The molecule has 0 aliphatic heterocycles. The first-order chi connectivity index (χ1) is 25.0. The number of primary amides is 1. The van der Waals surface area contributed by atoms with Crippen LogP contribution in [0.4, 0.5) is 4.79 Å². The second-order valence-electron chi connectivity index (χ2n) is 12.5. The summed E-state index contributed by atoms with van der Waals surface area (Å²) in [7, 11) is 0. The van der Waals surface area contributed by atoms with E-state index in [1.165, 1.54) is 0 Å². The van der Waals surface area contributed by atoms with E-state index in [1.54, 1.807) is 26.0 Å². The number of amides is 3. The monoisotopic (exact) mass is 709 g/mol. The van der Waals surface area contributed by atoms with Gasteiger partial charge in [-0.25, -0.2) is 4.79 Å². The molecule has 10 N–H and O–H groups in total. The molecule has 0 radical (unpaired) electrons. The molecule has 3 aromatic carbocycles. The highest BCUT2D eigenvalue weighted by molar-refractivity contribution is 5.91.